The molecule has 1 heterocycles. The van der Waals surface area contributed by atoms with Crippen molar-refractivity contribution in [3.8, 4) is 5.75 Å². The van der Waals surface area contributed by atoms with Crippen LogP contribution in [0.5, 0.6) is 5.75 Å². The Bertz CT molecular complexity index is 990. The number of hydrogen-bond donors (Lipinski definition) is 0. The highest BCUT2D eigenvalue weighted by Gasteiger charge is 2.56. The Hall–Kier alpha value is -4.27. The Morgan fingerprint density at radius 1 is 0.829 bits per heavy atom. The molecule has 190 valence electrons. The van der Waals surface area contributed by atoms with Crippen molar-refractivity contribution in [2.45, 2.75) is 51.5 Å². The number of carbonyl (C=O) groups excluding carboxylic acids is 5. The first-order valence-electron chi connectivity index (χ1n) is 9.80. The van der Waals surface area contributed by atoms with Crippen LogP contribution >= 0.6 is 0 Å². The van der Waals surface area contributed by atoms with Crippen LogP contribution < -0.4 is 4.74 Å². The molecule has 0 bridgehead atoms. The number of non-ortho nitro benzene ring substituents is 1. The first kappa shape index (κ1) is 27.0. The molecule has 0 aromatic heterocycles. The van der Waals surface area contributed by atoms with Gasteiger partial charge in [-0.05, 0) is 12.1 Å². The third-order valence-electron chi connectivity index (χ3n) is 4.30. The molecule has 15 nitrogen and oxygen atoms in total. The number of rotatable bonds is 7. The van der Waals surface area contributed by atoms with Crippen LogP contribution in [0.3, 0.4) is 0 Å². The van der Waals surface area contributed by atoms with Crippen molar-refractivity contribution in [3.63, 3.8) is 0 Å². The van der Waals surface area contributed by atoms with Crippen LogP contribution in [0.2, 0.25) is 0 Å². The second kappa shape index (κ2) is 11.7. The lowest BCUT2D eigenvalue weighted by atomic mass is 9.97. The van der Waals surface area contributed by atoms with E-state index in [2.05, 4.69) is 4.74 Å². The summed E-state index contributed by atoms with van der Waals surface area (Å²) in [5.74, 6) is -3.98. The summed E-state index contributed by atoms with van der Waals surface area (Å²) in [7, 11) is 0.994. The quantitative estimate of drug-likeness (QED) is 0.168. The van der Waals surface area contributed by atoms with Crippen LogP contribution in [0.4, 0.5) is 10.5 Å². The molecule has 15 heteroatoms. The molecule has 5 atom stereocenters. The zero-order valence-electron chi connectivity index (χ0n) is 18.9. The highest BCUT2D eigenvalue weighted by Crippen LogP contribution is 2.30. The van der Waals surface area contributed by atoms with Crippen molar-refractivity contribution < 1.29 is 62.1 Å². The van der Waals surface area contributed by atoms with Gasteiger partial charge in [0.1, 0.15) is 5.75 Å². The third-order valence-corrected chi connectivity index (χ3v) is 4.30. The molecule has 0 amide bonds. The summed E-state index contributed by atoms with van der Waals surface area (Å²) in [4.78, 5) is 69.8. The van der Waals surface area contributed by atoms with Crippen LogP contribution in [0.1, 0.15) is 20.8 Å². The van der Waals surface area contributed by atoms with Gasteiger partial charge in [-0.2, -0.15) is 0 Å². The maximum Gasteiger partial charge on any atom is 0.516 e. The predicted molar refractivity (Wildman–Crippen MR) is 108 cm³/mol. The number of benzene rings is 1. The number of esters is 4. The SMILES string of the molecule is COC(=O)C1OC(OC(=O)Oc2ccc([N+](=O)[O-])cc2)C(OC(C)=O)C(OC(C)=O)C1OC(C)=O. The normalized spacial score (nSPS) is 23.3. The van der Waals surface area contributed by atoms with Crippen LogP contribution in [0, 0.1) is 10.1 Å². The molecule has 1 aromatic rings. The summed E-state index contributed by atoms with van der Waals surface area (Å²) in [6, 6.07) is 4.35. The van der Waals surface area contributed by atoms with E-state index in [1.807, 2.05) is 0 Å². The Balaban J connectivity index is 2.36. The van der Waals surface area contributed by atoms with E-state index in [-0.39, 0.29) is 11.4 Å². The van der Waals surface area contributed by atoms with Crippen molar-refractivity contribution in [2.75, 3.05) is 7.11 Å². The van der Waals surface area contributed by atoms with E-state index in [1.54, 1.807) is 0 Å². The molecule has 1 fully saturated rings. The van der Waals surface area contributed by atoms with Crippen molar-refractivity contribution in [1.82, 2.24) is 0 Å². The summed E-state index contributed by atoms with van der Waals surface area (Å²) < 4.78 is 35.3. The monoisotopic (exact) mass is 499 g/mol. The fraction of sp³-hybridized carbons (Fsp3) is 0.450. The third kappa shape index (κ3) is 7.36. The number of carbonyl (C=O) groups is 5. The zero-order valence-corrected chi connectivity index (χ0v) is 18.9. The average Bonchev–Trinajstić information content (AvgIpc) is 2.76. The molecule has 0 spiro atoms. The second-order valence-electron chi connectivity index (χ2n) is 6.89. The molecule has 35 heavy (non-hydrogen) atoms. The number of nitro groups is 1. The summed E-state index contributed by atoms with van der Waals surface area (Å²) in [5.41, 5.74) is -0.266. The number of nitrogens with zero attached hydrogens (tertiary/aromatic N) is 1. The molecule has 2 rings (SSSR count). The Morgan fingerprint density at radius 2 is 1.34 bits per heavy atom. The predicted octanol–water partition coefficient (Wildman–Crippen LogP) is 0.803. The molecule has 5 unspecified atom stereocenters. The van der Waals surface area contributed by atoms with Crippen LogP contribution in [0.25, 0.3) is 0 Å². The number of hydrogen-bond acceptors (Lipinski definition) is 14. The van der Waals surface area contributed by atoms with E-state index in [0.29, 0.717) is 0 Å². The lowest BCUT2D eigenvalue weighted by Crippen LogP contribution is -2.64. The molecule has 1 aliphatic rings. The van der Waals surface area contributed by atoms with Crippen LogP contribution in [-0.2, 0) is 47.6 Å². The fourth-order valence-electron chi connectivity index (χ4n) is 3.03. The van der Waals surface area contributed by atoms with E-state index in [4.69, 9.17) is 28.4 Å². The first-order valence-corrected chi connectivity index (χ1v) is 9.80. The van der Waals surface area contributed by atoms with Gasteiger partial charge in [-0.25, -0.2) is 9.59 Å². The van der Waals surface area contributed by atoms with Gasteiger partial charge >= 0.3 is 30.0 Å². The Kier molecular flexibility index (Phi) is 9.04. The van der Waals surface area contributed by atoms with Gasteiger partial charge in [0.05, 0.1) is 12.0 Å². The minimum absolute atomic E-state index is 0.153. The Morgan fingerprint density at radius 3 is 1.83 bits per heavy atom. The number of nitro benzene ring substituents is 1. The minimum atomic E-state index is -1.90. The van der Waals surface area contributed by atoms with E-state index in [0.717, 1.165) is 52.1 Å². The molecule has 0 N–H and O–H groups in total. The number of ether oxygens (including phenoxy) is 7. The molecule has 0 saturated carbocycles. The molecule has 0 radical (unpaired) electrons. The van der Waals surface area contributed by atoms with Gasteiger partial charge in [-0.15, -0.1) is 0 Å². The standard InChI is InChI=1S/C20H21NO14/c1-9(22)30-14-15(31-10(2)23)17(32-11(3)24)19(34-16(14)18(25)29-4)35-20(26)33-13-7-5-12(6-8-13)21(27)28/h5-8,14-17,19H,1-4H3. The van der Waals surface area contributed by atoms with Gasteiger partial charge in [-0.1, -0.05) is 0 Å². The molecule has 1 aromatic carbocycles. The van der Waals surface area contributed by atoms with E-state index >= 15 is 0 Å². The molecular formula is C20H21NO14. The van der Waals surface area contributed by atoms with Gasteiger partial charge in [0.25, 0.3) is 5.69 Å². The number of methoxy groups -OCH3 is 1. The maximum absolute atomic E-state index is 12.4. The molecule has 0 aliphatic carbocycles. The van der Waals surface area contributed by atoms with Crippen molar-refractivity contribution in [1.29, 1.82) is 0 Å². The molecule has 1 aliphatic heterocycles. The zero-order chi connectivity index (χ0) is 26.3. The summed E-state index contributed by atoms with van der Waals surface area (Å²) >= 11 is 0. The lowest BCUT2D eigenvalue weighted by molar-refractivity contribution is -0.384. The van der Waals surface area contributed by atoms with Crippen LogP contribution in [-0.4, -0.2) is 72.8 Å². The molecular weight excluding hydrogens is 478 g/mol. The summed E-state index contributed by atoms with van der Waals surface area (Å²) in [6.07, 6.45) is -10.1. The topological polar surface area (TPSA) is 193 Å². The first-order chi connectivity index (χ1) is 16.4. The van der Waals surface area contributed by atoms with Gasteiger partial charge in [0.2, 0.25) is 12.4 Å². The molecule has 1 saturated heterocycles. The van der Waals surface area contributed by atoms with E-state index in [1.165, 1.54) is 0 Å². The smallest absolute Gasteiger partial charge is 0.467 e. The van der Waals surface area contributed by atoms with Gasteiger partial charge < -0.3 is 33.2 Å². The largest absolute Gasteiger partial charge is 0.516 e. The summed E-state index contributed by atoms with van der Waals surface area (Å²) in [5, 5.41) is 10.7. The average molecular weight is 499 g/mol. The van der Waals surface area contributed by atoms with Gasteiger partial charge in [-0.3, -0.25) is 24.5 Å². The summed E-state index contributed by atoms with van der Waals surface area (Å²) in [6.45, 7) is 2.99. The van der Waals surface area contributed by atoms with Crippen molar-refractivity contribution in [2.24, 2.45) is 0 Å². The second-order valence-corrected chi connectivity index (χ2v) is 6.89. The Labute approximate surface area is 197 Å². The van der Waals surface area contributed by atoms with Crippen LogP contribution in [0.15, 0.2) is 24.3 Å². The lowest BCUT2D eigenvalue weighted by Gasteiger charge is -2.42. The highest BCUT2D eigenvalue weighted by atomic mass is 16.8. The maximum atomic E-state index is 12.4. The van der Waals surface area contributed by atoms with E-state index < -0.39 is 65.7 Å². The van der Waals surface area contributed by atoms with Gasteiger partial charge in [0.15, 0.2) is 18.3 Å². The van der Waals surface area contributed by atoms with E-state index in [9.17, 15) is 34.1 Å². The highest BCUT2D eigenvalue weighted by molar-refractivity contribution is 5.77. The minimum Gasteiger partial charge on any atom is -0.467 e. The fourth-order valence-corrected chi connectivity index (χ4v) is 3.03. The van der Waals surface area contributed by atoms with Gasteiger partial charge in [0, 0.05) is 32.9 Å². The van der Waals surface area contributed by atoms with Crippen molar-refractivity contribution >= 4 is 35.7 Å². The van der Waals surface area contributed by atoms with Crippen molar-refractivity contribution in [3.05, 3.63) is 34.4 Å².